The van der Waals surface area contributed by atoms with Crippen LogP contribution in [0.3, 0.4) is 0 Å². The highest BCUT2D eigenvalue weighted by Gasteiger charge is 2.29. The van der Waals surface area contributed by atoms with Crippen LogP contribution >= 0.6 is 34.8 Å². The highest BCUT2D eigenvalue weighted by molar-refractivity contribution is 6.65. The number of halogens is 3. The van der Waals surface area contributed by atoms with Gasteiger partial charge in [0.15, 0.2) is 0 Å². The van der Waals surface area contributed by atoms with Crippen LogP contribution in [0, 0.1) is 0 Å². The van der Waals surface area contributed by atoms with Gasteiger partial charge < -0.3 is 8.85 Å². The van der Waals surface area contributed by atoms with E-state index in [1.807, 2.05) is 13.1 Å². The Morgan fingerprint density at radius 3 is 1.92 bits per heavy atom. The summed E-state index contributed by atoms with van der Waals surface area (Å²) in [6.45, 7) is 6.95. The second kappa shape index (κ2) is 12.5. The van der Waals surface area contributed by atoms with E-state index in [4.69, 9.17) is 43.7 Å². The van der Waals surface area contributed by atoms with Crippen LogP contribution in [0.5, 0.6) is 5.75 Å². The molecule has 0 unspecified atom stereocenters. The number of hydrogen-bond donors (Lipinski definition) is 0. The number of benzene rings is 1. The zero-order chi connectivity index (χ0) is 18.7. The Hall–Kier alpha value is 0.0669. The van der Waals surface area contributed by atoms with Gasteiger partial charge in [-0.1, -0.05) is 93.1 Å². The monoisotopic (exact) mass is 424 g/mol. The molecule has 1 aromatic rings. The second-order valence-electron chi connectivity index (χ2n) is 6.85. The zero-order valence-electron chi connectivity index (χ0n) is 15.7. The lowest BCUT2D eigenvalue weighted by molar-refractivity contribution is 0.241. The Morgan fingerprint density at radius 1 is 0.800 bits per heavy atom. The van der Waals surface area contributed by atoms with Gasteiger partial charge in [0.25, 0.3) is 0 Å². The lowest BCUT2D eigenvalue weighted by Gasteiger charge is -2.25. The molecule has 0 radical (unpaired) electrons. The van der Waals surface area contributed by atoms with Crippen molar-refractivity contribution in [2.75, 3.05) is 6.61 Å². The Labute approximate surface area is 169 Å². The fraction of sp³-hybridized carbons (Fsp3) is 0.684. The molecule has 0 aliphatic heterocycles. The van der Waals surface area contributed by atoms with Crippen molar-refractivity contribution in [3.63, 3.8) is 0 Å². The lowest BCUT2D eigenvalue weighted by Crippen LogP contribution is -2.38. The maximum absolute atomic E-state index is 6.19. The summed E-state index contributed by atoms with van der Waals surface area (Å²) in [7, 11) is -2.35. The SMILES string of the molecule is CCCCCCCCCCCO[Si](C)(C)Oc1c(Cl)ccc(Cl)c1Cl. The number of hydrogen-bond acceptors (Lipinski definition) is 2. The molecular formula is C19H31Cl3O2Si. The molecule has 0 saturated heterocycles. The van der Waals surface area contributed by atoms with Crippen molar-refractivity contribution in [2.24, 2.45) is 0 Å². The van der Waals surface area contributed by atoms with Crippen molar-refractivity contribution in [3.05, 3.63) is 27.2 Å². The molecule has 144 valence electrons. The first-order chi connectivity index (χ1) is 11.9. The molecule has 2 nitrogen and oxygen atoms in total. The molecule has 0 heterocycles. The smallest absolute Gasteiger partial charge is 0.392 e. The first-order valence-corrected chi connectivity index (χ1v) is 13.3. The summed E-state index contributed by atoms with van der Waals surface area (Å²) in [5.41, 5.74) is 0. The molecule has 0 amide bonds. The Morgan fingerprint density at radius 2 is 1.32 bits per heavy atom. The summed E-state index contributed by atoms with van der Waals surface area (Å²) in [6, 6.07) is 3.35. The minimum atomic E-state index is -2.35. The molecule has 0 aliphatic rings. The molecule has 0 saturated carbocycles. The number of unbranched alkanes of at least 4 members (excludes halogenated alkanes) is 8. The van der Waals surface area contributed by atoms with Crippen LogP contribution in [0.1, 0.15) is 64.7 Å². The molecule has 1 aromatic carbocycles. The highest BCUT2D eigenvalue weighted by atomic mass is 35.5. The van der Waals surface area contributed by atoms with Gasteiger partial charge in [0.05, 0.1) is 10.0 Å². The van der Waals surface area contributed by atoms with Crippen molar-refractivity contribution in [1.29, 1.82) is 0 Å². The normalized spacial score (nSPS) is 11.8. The van der Waals surface area contributed by atoms with Crippen molar-refractivity contribution in [1.82, 2.24) is 0 Å². The molecular weight excluding hydrogens is 395 g/mol. The Kier molecular flexibility index (Phi) is 11.5. The van der Waals surface area contributed by atoms with Crippen LogP contribution in [-0.4, -0.2) is 15.2 Å². The van der Waals surface area contributed by atoms with Gasteiger partial charge in [-0.3, -0.25) is 0 Å². The van der Waals surface area contributed by atoms with E-state index in [0.29, 0.717) is 27.4 Å². The van der Waals surface area contributed by atoms with E-state index >= 15 is 0 Å². The first kappa shape index (κ1) is 23.1. The second-order valence-corrected chi connectivity index (χ2v) is 11.3. The van der Waals surface area contributed by atoms with Gasteiger partial charge in [-0.05, 0) is 31.6 Å². The molecule has 0 atom stereocenters. The fourth-order valence-corrected chi connectivity index (χ4v) is 4.73. The van der Waals surface area contributed by atoms with Gasteiger partial charge in [0.1, 0.15) is 10.8 Å². The van der Waals surface area contributed by atoms with Gasteiger partial charge in [-0.2, -0.15) is 0 Å². The predicted molar refractivity (Wildman–Crippen MR) is 113 cm³/mol. The summed E-state index contributed by atoms with van der Waals surface area (Å²) < 4.78 is 12.0. The minimum absolute atomic E-state index is 0.349. The van der Waals surface area contributed by atoms with Crippen LogP contribution in [-0.2, 0) is 4.43 Å². The third kappa shape index (κ3) is 9.53. The van der Waals surface area contributed by atoms with Crippen molar-refractivity contribution in [2.45, 2.75) is 77.8 Å². The largest absolute Gasteiger partial charge is 0.518 e. The lowest BCUT2D eigenvalue weighted by atomic mass is 10.1. The average Bonchev–Trinajstić information content (AvgIpc) is 2.57. The molecule has 0 aliphatic carbocycles. The Bertz CT molecular complexity index is 510. The van der Waals surface area contributed by atoms with Crippen LogP contribution in [0.2, 0.25) is 28.2 Å². The van der Waals surface area contributed by atoms with E-state index in [1.165, 1.54) is 51.4 Å². The van der Waals surface area contributed by atoms with Gasteiger partial charge in [0.2, 0.25) is 0 Å². The zero-order valence-corrected chi connectivity index (χ0v) is 18.9. The quantitative estimate of drug-likeness (QED) is 0.180. The van der Waals surface area contributed by atoms with E-state index < -0.39 is 8.56 Å². The van der Waals surface area contributed by atoms with Gasteiger partial charge in [-0.25, -0.2) is 0 Å². The third-order valence-electron chi connectivity index (χ3n) is 4.05. The van der Waals surface area contributed by atoms with Gasteiger partial charge in [0, 0.05) is 6.61 Å². The molecule has 25 heavy (non-hydrogen) atoms. The molecule has 0 fully saturated rings. The topological polar surface area (TPSA) is 18.5 Å². The average molecular weight is 426 g/mol. The summed E-state index contributed by atoms with van der Waals surface area (Å²) in [5, 5.41) is 1.24. The van der Waals surface area contributed by atoms with Crippen LogP contribution in [0.25, 0.3) is 0 Å². The van der Waals surface area contributed by atoms with E-state index in [1.54, 1.807) is 12.1 Å². The first-order valence-electron chi connectivity index (χ1n) is 9.34. The Balaban J connectivity index is 2.23. The molecule has 0 spiro atoms. The summed E-state index contributed by atoms with van der Waals surface area (Å²) in [5.74, 6) is 0.430. The number of rotatable bonds is 13. The van der Waals surface area contributed by atoms with Crippen molar-refractivity contribution in [3.8, 4) is 5.75 Å². The standard InChI is InChI=1S/C19H31Cl3O2Si/c1-4-5-6-7-8-9-10-11-12-15-23-25(2,3)24-19-17(21)14-13-16(20)18(19)22/h13-14H,4-12,15H2,1-3H3. The maximum Gasteiger partial charge on any atom is 0.392 e. The van der Waals surface area contributed by atoms with E-state index in [9.17, 15) is 0 Å². The molecule has 1 rings (SSSR count). The molecule has 0 aromatic heterocycles. The predicted octanol–water partition coefficient (Wildman–Crippen LogP) is 8.27. The maximum atomic E-state index is 6.19. The van der Waals surface area contributed by atoms with Gasteiger partial charge in [-0.15, -0.1) is 0 Å². The molecule has 0 bridgehead atoms. The fourth-order valence-electron chi connectivity index (χ4n) is 2.61. The van der Waals surface area contributed by atoms with Crippen molar-refractivity contribution >= 4 is 43.4 Å². The third-order valence-corrected chi connectivity index (χ3v) is 6.73. The summed E-state index contributed by atoms with van der Waals surface area (Å²) >= 11 is 18.4. The van der Waals surface area contributed by atoms with E-state index in [2.05, 4.69) is 6.92 Å². The minimum Gasteiger partial charge on any atom is -0.518 e. The van der Waals surface area contributed by atoms with E-state index in [-0.39, 0.29) is 0 Å². The van der Waals surface area contributed by atoms with Gasteiger partial charge >= 0.3 is 8.56 Å². The van der Waals surface area contributed by atoms with Crippen LogP contribution in [0.4, 0.5) is 0 Å². The summed E-state index contributed by atoms with van der Waals surface area (Å²) in [4.78, 5) is 0. The van der Waals surface area contributed by atoms with E-state index in [0.717, 1.165) is 6.42 Å². The summed E-state index contributed by atoms with van der Waals surface area (Å²) in [6.07, 6.45) is 11.7. The highest BCUT2D eigenvalue weighted by Crippen LogP contribution is 2.39. The molecule has 6 heteroatoms. The van der Waals surface area contributed by atoms with Crippen LogP contribution in [0.15, 0.2) is 12.1 Å². The molecule has 0 N–H and O–H groups in total. The van der Waals surface area contributed by atoms with Crippen molar-refractivity contribution < 1.29 is 8.85 Å². The van der Waals surface area contributed by atoms with Crippen LogP contribution < -0.4 is 4.43 Å².